The zero-order valence-corrected chi connectivity index (χ0v) is 5.46. The van der Waals surface area contributed by atoms with Gasteiger partial charge < -0.3 is 5.11 Å². The van der Waals surface area contributed by atoms with E-state index in [1.807, 2.05) is 0 Å². The summed E-state index contributed by atoms with van der Waals surface area (Å²) in [6.45, 7) is 0. The molecule has 0 aromatic rings. The average Bonchev–Trinajstić information content (AvgIpc) is 2.46. The van der Waals surface area contributed by atoms with E-state index in [2.05, 4.69) is 0 Å². The molecular weight excluding hydrogens is 112 g/mol. The summed E-state index contributed by atoms with van der Waals surface area (Å²) in [5, 5.41) is 9.42. The molecule has 3 aliphatic carbocycles. The lowest BCUT2D eigenvalue weighted by Gasteiger charge is -2.14. The van der Waals surface area contributed by atoms with Crippen LogP contribution in [0.15, 0.2) is 0 Å². The van der Waals surface area contributed by atoms with Gasteiger partial charge in [-0.2, -0.15) is 0 Å². The highest BCUT2D eigenvalue weighted by molar-refractivity contribution is 5.09. The molecule has 3 fully saturated rings. The number of rotatable bonds is 0. The van der Waals surface area contributed by atoms with E-state index < -0.39 is 0 Å². The Balaban J connectivity index is 1.96. The molecule has 0 aliphatic heterocycles. The smallest absolute Gasteiger partial charge is 0.0574 e. The highest BCUT2D eigenvalue weighted by atomic mass is 16.3. The molecule has 0 spiro atoms. The van der Waals surface area contributed by atoms with Gasteiger partial charge in [0.05, 0.1) is 6.10 Å². The van der Waals surface area contributed by atoms with Gasteiger partial charge >= 0.3 is 0 Å². The van der Waals surface area contributed by atoms with Crippen molar-refractivity contribution in [2.24, 2.45) is 23.7 Å². The lowest BCUT2D eigenvalue weighted by molar-refractivity contribution is 0.107. The molecule has 1 N–H and O–H groups in total. The zero-order chi connectivity index (χ0) is 6.01. The first-order chi connectivity index (χ1) is 4.36. The molecule has 3 aliphatic rings. The van der Waals surface area contributed by atoms with Crippen molar-refractivity contribution in [3.8, 4) is 0 Å². The fourth-order valence-electron chi connectivity index (χ4n) is 3.17. The lowest BCUT2D eigenvalue weighted by atomic mass is 9.98. The van der Waals surface area contributed by atoms with Gasteiger partial charge in [-0.05, 0) is 42.9 Å². The number of hydrogen-bond donors (Lipinski definition) is 1. The van der Waals surface area contributed by atoms with Gasteiger partial charge in [0.15, 0.2) is 0 Å². The molecule has 9 heavy (non-hydrogen) atoms. The van der Waals surface area contributed by atoms with E-state index in [9.17, 15) is 5.11 Å². The lowest BCUT2D eigenvalue weighted by Crippen LogP contribution is -2.17. The molecule has 0 aromatic carbocycles. The average molecular weight is 124 g/mol. The van der Waals surface area contributed by atoms with Crippen molar-refractivity contribution in [2.45, 2.75) is 25.4 Å². The molecule has 3 saturated carbocycles. The molecule has 50 valence electrons. The molecule has 0 radical (unpaired) electrons. The van der Waals surface area contributed by atoms with Crippen molar-refractivity contribution < 1.29 is 5.11 Å². The Bertz CT molecular complexity index is 151. The van der Waals surface area contributed by atoms with Crippen LogP contribution in [0.3, 0.4) is 0 Å². The molecule has 0 amide bonds. The quantitative estimate of drug-likeness (QED) is 0.511. The Hall–Kier alpha value is -0.0400. The normalized spacial score (nSPS) is 68.3. The minimum atomic E-state index is 0.0961. The number of hydrogen-bond acceptors (Lipinski definition) is 1. The number of fused-ring (bicyclic) bond motifs is 5. The van der Waals surface area contributed by atoms with Crippen molar-refractivity contribution in [3.05, 3.63) is 0 Å². The number of aliphatic hydroxyl groups excluding tert-OH is 1. The van der Waals surface area contributed by atoms with Crippen LogP contribution in [-0.2, 0) is 0 Å². The summed E-state index contributed by atoms with van der Waals surface area (Å²) in [6.07, 6.45) is 4.04. The van der Waals surface area contributed by atoms with E-state index in [1.54, 1.807) is 0 Å². The molecule has 0 aromatic heterocycles. The van der Waals surface area contributed by atoms with Crippen LogP contribution in [0.4, 0.5) is 0 Å². The Labute approximate surface area is 55.1 Å². The van der Waals surface area contributed by atoms with Crippen molar-refractivity contribution >= 4 is 0 Å². The van der Waals surface area contributed by atoms with Crippen molar-refractivity contribution in [2.75, 3.05) is 0 Å². The first kappa shape index (κ1) is 4.73. The van der Waals surface area contributed by atoms with Gasteiger partial charge in [0.1, 0.15) is 0 Å². The van der Waals surface area contributed by atoms with Crippen LogP contribution in [0.5, 0.6) is 0 Å². The van der Waals surface area contributed by atoms with Crippen LogP contribution >= 0.6 is 0 Å². The molecule has 0 heterocycles. The SMILES string of the molecule is OC1CC2CC1C1CC21. The summed E-state index contributed by atoms with van der Waals surface area (Å²) in [4.78, 5) is 0. The minimum absolute atomic E-state index is 0.0961. The second kappa shape index (κ2) is 1.20. The van der Waals surface area contributed by atoms with Gasteiger partial charge in [0.2, 0.25) is 0 Å². The molecule has 1 heteroatoms. The topological polar surface area (TPSA) is 20.2 Å². The molecule has 3 rings (SSSR count). The Kier molecular flexibility index (Phi) is 0.628. The summed E-state index contributed by atoms with van der Waals surface area (Å²) in [5.41, 5.74) is 0. The molecular formula is C8H12O. The van der Waals surface area contributed by atoms with Crippen LogP contribution in [-0.4, -0.2) is 11.2 Å². The highest BCUT2D eigenvalue weighted by Crippen LogP contribution is 2.65. The van der Waals surface area contributed by atoms with E-state index in [4.69, 9.17) is 0 Å². The summed E-state index contributed by atoms with van der Waals surface area (Å²) >= 11 is 0. The van der Waals surface area contributed by atoms with E-state index in [1.165, 1.54) is 12.8 Å². The monoisotopic (exact) mass is 124 g/mol. The van der Waals surface area contributed by atoms with Crippen molar-refractivity contribution in [1.82, 2.24) is 0 Å². The second-order valence-electron chi connectivity index (χ2n) is 4.03. The Morgan fingerprint density at radius 3 is 2.33 bits per heavy atom. The Morgan fingerprint density at radius 2 is 1.78 bits per heavy atom. The summed E-state index contributed by atoms with van der Waals surface area (Å²) in [6, 6.07) is 0. The van der Waals surface area contributed by atoms with E-state index in [0.717, 1.165) is 30.1 Å². The summed E-state index contributed by atoms with van der Waals surface area (Å²) in [7, 11) is 0. The van der Waals surface area contributed by atoms with Crippen LogP contribution < -0.4 is 0 Å². The van der Waals surface area contributed by atoms with Crippen LogP contribution in [0.2, 0.25) is 0 Å². The van der Waals surface area contributed by atoms with E-state index >= 15 is 0 Å². The van der Waals surface area contributed by atoms with Crippen LogP contribution in [0, 0.1) is 23.7 Å². The van der Waals surface area contributed by atoms with E-state index in [0.29, 0.717) is 0 Å². The summed E-state index contributed by atoms with van der Waals surface area (Å²) in [5.74, 6) is 3.71. The maximum atomic E-state index is 9.42. The first-order valence-electron chi connectivity index (χ1n) is 4.04. The Morgan fingerprint density at radius 1 is 0.889 bits per heavy atom. The van der Waals surface area contributed by atoms with Gasteiger partial charge in [-0.25, -0.2) is 0 Å². The largest absolute Gasteiger partial charge is 0.393 e. The van der Waals surface area contributed by atoms with Gasteiger partial charge in [-0.15, -0.1) is 0 Å². The van der Waals surface area contributed by atoms with Gasteiger partial charge in [-0.3, -0.25) is 0 Å². The van der Waals surface area contributed by atoms with Crippen molar-refractivity contribution in [3.63, 3.8) is 0 Å². The predicted octanol–water partition coefficient (Wildman–Crippen LogP) is 1.02. The minimum Gasteiger partial charge on any atom is -0.393 e. The van der Waals surface area contributed by atoms with Crippen molar-refractivity contribution in [1.29, 1.82) is 0 Å². The fraction of sp³-hybridized carbons (Fsp3) is 1.00. The molecule has 1 nitrogen and oxygen atoms in total. The first-order valence-corrected chi connectivity index (χ1v) is 4.04. The molecule has 2 bridgehead atoms. The molecule has 0 saturated heterocycles. The third-order valence-electron chi connectivity index (χ3n) is 3.66. The fourth-order valence-corrected chi connectivity index (χ4v) is 3.17. The van der Waals surface area contributed by atoms with Gasteiger partial charge in [0.25, 0.3) is 0 Å². The van der Waals surface area contributed by atoms with Gasteiger partial charge in [-0.1, -0.05) is 0 Å². The number of aliphatic hydroxyl groups is 1. The van der Waals surface area contributed by atoms with E-state index in [-0.39, 0.29) is 6.10 Å². The summed E-state index contributed by atoms with van der Waals surface area (Å²) < 4.78 is 0. The third-order valence-corrected chi connectivity index (χ3v) is 3.66. The van der Waals surface area contributed by atoms with Crippen LogP contribution in [0.25, 0.3) is 0 Å². The van der Waals surface area contributed by atoms with Gasteiger partial charge in [0, 0.05) is 0 Å². The highest BCUT2D eigenvalue weighted by Gasteiger charge is 2.60. The zero-order valence-electron chi connectivity index (χ0n) is 5.46. The van der Waals surface area contributed by atoms with Crippen LogP contribution in [0.1, 0.15) is 19.3 Å². The maximum absolute atomic E-state index is 9.42. The molecule has 5 unspecified atom stereocenters. The second-order valence-corrected chi connectivity index (χ2v) is 4.03. The molecule has 5 atom stereocenters. The third kappa shape index (κ3) is 0.420. The maximum Gasteiger partial charge on any atom is 0.0574 e. The predicted molar refractivity (Wildman–Crippen MR) is 33.8 cm³/mol. The standard InChI is InChI=1S/C8H12O/c9-8-2-4-1-7(8)6-3-5(4)6/h4-9H,1-3H2.